The zero-order valence-corrected chi connectivity index (χ0v) is 28.6. The molecule has 0 unspecified atom stereocenters. The lowest BCUT2D eigenvalue weighted by Gasteiger charge is -2.48. The summed E-state index contributed by atoms with van der Waals surface area (Å²) in [5, 5.41) is 0. The minimum Gasteiger partial charge on any atom is -0.380 e. The molecule has 244 valence electrons. The SMILES string of the molecule is CCCCCCCCO[C@@H]1CCC(C)(C)[C@H](OC)[C@@H]1COC[C@H]1[C@@H](OC)C(C)(C)CC[C@H]1OCCCCCCCC. The highest BCUT2D eigenvalue weighted by atomic mass is 16.5. The van der Waals surface area contributed by atoms with Gasteiger partial charge in [-0.1, -0.05) is 106 Å². The van der Waals surface area contributed by atoms with Crippen molar-refractivity contribution >= 4 is 0 Å². The van der Waals surface area contributed by atoms with Crippen LogP contribution in [-0.2, 0) is 23.7 Å². The first kappa shape index (κ1) is 37.0. The maximum Gasteiger partial charge on any atom is 0.0697 e. The molecule has 41 heavy (non-hydrogen) atoms. The highest BCUT2D eigenvalue weighted by Gasteiger charge is 2.47. The molecule has 0 amide bonds. The van der Waals surface area contributed by atoms with Gasteiger partial charge in [-0.25, -0.2) is 0 Å². The lowest BCUT2D eigenvalue weighted by atomic mass is 9.68. The summed E-state index contributed by atoms with van der Waals surface area (Å²) >= 11 is 0. The molecule has 2 rings (SSSR count). The Labute approximate surface area is 255 Å². The van der Waals surface area contributed by atoms with Gasteiger partial charge in [0.2, 0.25) is 0 Å². The van der Waals surface area contributed by atoms with Crippen LogP contribution in [0.3, 0.4) is 0 Å². The van der Waals surface area contributed by atoms with E-state index >= 15 is 0 Å². The van der Waals surface area contributed by atoms with Crippen LogP contribution < -0.4 is 0 Å². The molecule has 0 N–H and O–H groups in total. The van der Waals surface area contributed by atoms with Gasteiger partial charge in [-0.05, 0) is 49.4 Å². The number of hydrogen-bond donors (Lipinski definition) is 0. The average molecular weight is 583 g/mol. The molecular weight excluding hydrogens is 512 g/mol. The summed E-state index contributed by atoms with van der Waals surface area (Å²) in [5.74, 6) is 0.479. The molecule has 0 heterocycles. The molecular formula is C36H70O5. The Morgan fingerprint density at radius 3 is 1.27 bits per heavy atom. The number of ether oxygens (including phenoxy) is 5. The minimum absolute atomic E-state index is 0.119. The van der Waals surface area contributed by atoms with Gasteiger partial charge in [0.15, 0.2) is 0 Å². The van der Waals surface area contributed by atoms with Crippen LogP contribution in [0.2, 0.25) is 0 Å². The standard InChI is InChI=1S/C36H70O5/c1-9-11-13-15-17-19-25-40-31-21-23-35(3,4)33(37-7)29(31)27-39-28-30-32(22-24-36(5,6)34(30)38-8)41-26-20-18-16-14-12-10-2/h29-34H,9-28H2,1-8H3/t29-,30-,31-,32-,33-,34-/m1/s1. The Kier molecular flexibility index (Phi) is 18.0. The Bertz CT molecular complexity index is 596. The largest absolute Gasteiger partial charge is 0.380 e. The second-order valence-electron chi connectivity index (χ2n) is 14.6. The molecule has 2 aliphatic carbocycles. The van der Waals surface area contributed by atoms with Gasteiger partial charge in [0.05, 0.1) is 37.6 Å². The van der Waals surface area contributed by atoms with Gasteiger partial charge in [-0.2, -0.15) is 0 Å². The predicted octanol–water partition coefficient (Wildman–Crippen LogP) is 9.40. The molecule has 5 nitrogen and oxygen atoms in total. The second-order valence-corrected chi connectivity index (χ2v) is 14.6. The monoisotopic (exact) mass is 583 g/mol. The van der Waals surface area contributed by atoms with Gasteiger partial charge in [0.25, 0.3) is 0 Å². The minimum atomic E-state index is 0.119. The fourth-order valence-electron chi connectivity index (χ4n) is 7.66. The van der Waals surface area contributed by atoms with Crippen LogP contribution in [-0.4, -0.2) is 65.1 Å². The highest BCUT2D eigenvalue weighted by Crippen LogP contribution is 2.44. The van der Waals surface area contributed by atoms with E-state index in [0.717, 1.165) is 51.7 Å². The Balaban J connectivity index is 1.96. The Morgan fingerprint density at radius 2 is 0.902 bits per heavy atom. The van der Waals surface area contributed by atoms with E-state index in [1.165, 1.54) is 64.2 Å². The molecule has 5 heteroatoms. The fraction of sp³-hybridized carbons (Fsp3) is 1.00. The van der Waals surface area contributed by atoms with Crippen LogP contribution in [0.5, 0.6) is 0 Å². The third kappa shape index (κ3) is 12.4. The lowest BCUT2D eigenvalue weighted by molar-refractivity contribution is -0.172. The van der Waals surface area contributed by atoms with E-state index in [9.17, 15) is 0 Å². The van der Waals surface area contributed by atoms with E-state index < -0.39 is 0 Å². The van der Waals surface area contributed by atoms with Crippen LogP contribution in [0.4, 0.5) is 0 Å². The molecule has 2 fully saturated rings. The van der Waals surface area contributed by atoms with Crippen LogP contribution in [0.1, 0.15) is 144 Å². The summed E-state index contributed by atoms with van der Waals surface area (Å²) in [7, 11) is 3.73. The van der Waals surface area contributed by atoms with Gasteiger partial charge in [-0.3, -0.25) is 0 Å². The van der Waals surface area contributed by atoms with E-state index in [1.807, 2.05) is 14.2 Å². The normalized spacial score (nSPS) is 29.6. The van der Waals surface area contributed by atoms with E-state index in [-0.39, 0.29) is 47.1 Å². The first-order valence-electron chi connectivity index (χ1n) is 17.6. The molecule has 0 aromatic heterocycles. The quantitative estimate of drug-likeness (QED) is 0.119. The second kappa shape index (κ2) is 20.0. The number of rotatable bonds is 22. The summed E-state index contributed by atoms with van der Waals surface area (Å²) in [6.45, 7) is 16.9. The zero-order valence-electron chi connectivity index (χ0n) is 28.6. The van der Waals surface area contributed by atoms with Gasteiger partial charge >= 0.3 is 0 Å². The van der Waals surface area contributed by atoms with Crippen molar-refractivity contribution < 1.29 is 23.7 Å². The molecule has 2 aliphatic rings. The molecule has 0 bridgehead atoms. The third-order valence-electron chi connectivity index (χ3n) is 10.2. The Hall–Kier alpha value is -0.200. The number of hydrogen-bond acceptors (Lipinski definition) is 5. The van der Waals surface area contributed by atoms with Crippen molar-refractivity contribution in [2.24, 2.45) is 22.7 Å². The zero-order chi connectivity index (χ0) is 30.1. The summed E-state index contributed by atoms with van der Waals surface area (Å²) in [5.41, 5.74) is 0.237. The smallest absolute Gasteiger partial charge is 0.0697 e. The molecule has 0 radical (unpaired) electrons. The molecule has 6 atom stereocenters. The average Bonchev–Trinajstić information content (AvgIpc) is 2.93. The van der Waals surface area contributed by atoms with Crippen LogP contribution in [0.25, 0.3) is 0 Å². The predicted molar refractivity (Wildman–Crippen MR) is 172 cm³/mol. The highest BCUT2D eigenvalue weighted by molar-refractivity contribution is 4.96. The topological polar surface area (TPSA) is 46.2 Å². The van der Waals surface area contributed by atoms with Crippen molar-refractivity contribution in [3.8, 4) is 0 Å². The van der Waals surface area contributed by atoms with E-state index in [4.69, 9.17) is 23.7 Å². The van der Waals surface area contributed by atoms with Crippen LogP contribution in [0, 0.1) is 22.7 Å². The maximum atomic E-state index is 6.65. The molecule has 0 aromatic carbocycles. The molecule has 0 aliphatic heterocycles. The van der Waals surface area contributed by atoms with Crippen LogP contribution in [0.15, 0.2) is 0 Å². The van der Waals surface area contributed by atoms with Gasteiger partial charge < -0.3 is 23.7 Å². The summed E-state index contributed by atoms with van der Waals surface area (Å²) in [4.78, 5) is 0. The number of methoxy groups -OCH3 is 2. The van der Waals surface area contributed by atoms with E-state index in [2.05, 4.69) is 41.5 Å². The molecule has 0 spiro atoms. The van der Waals surface area contributed by atoms with Crippen molar-refractivity contribution in [2.45, 2.75) is 169 Å². The lowest BCUT2D eigenvalue weighted by Crippen LogP contribution is -2.52. The maximum absolute atomic E-state index is 6.65. The molecule has 0 saturated heterocycles. The molecule has 0 aromatic rings. The summed E-state index contributed by atoms with van der Waals surface area (Å²) < 4.78 is 32.1. The Morgan fingerprint density at radius 1 is 0.537 bits per heavy atom. The fourth-order valence-corrected chi connectivity index (χ4v) is 7.66. The van der Waals surface area contributed by atoms with Crippen LogP contribution >= 0.6 is 0 Å². The van der Waals surface area contributed by atoms with Crippen molar-refractivity contribution in [1.29, 1.82) is 0 Å². The van der Waals surface area contributed by atoms with Crippen molar-refractivity contribution in [3.63, 3.8) is 0 Å². The number of unbranched alkanes of at least 4 members (excludes halogenated alkanes) is 10. The van der Waals surface area contributed by atoms with Gasteiger partial charge in [-0.15, -0.1) is 0 Å². The summed E-state index contributed by atoms with van der Waals surface area (Å²) in [6, 6.07) is 0. The van der Waals surface area contributed by atoms with Gasteiger partial charge in [0, 0.05) is 39.3 Å². The first-order chi connectivity index (χ1) is 19.7. The first-order valence-corrected chi connectivity index (χ1v) is 17.6. The van der Waals surface area contributed by atoms with Gasteiger partial charge in [0.1, 0.15) is 0 Å². The molecule has 2 saturated carbocycles. The summed E-state index contributed by atoms with van der Waals surface area (Å²) in [6.07, 6.45) is 20.5. The van der Waals surface area contributed by atoms with Crippen molar-refractivity contribution in [1.82, 2.24) is 0 Å². The van der Waals surface area contributed by atoms with Crippen molar-refractivity contribution in [3.05, 3.63) is 0 Å². The van der Waals surface area contributed by atoms with E-state index in [1.54, 1.807) is 0 Å². The third-order valence-corrected chi connectivity index (χ3v) is 10.2. The van der Waals surface area contributed by atoms with Crippen molar-refractivity contribution in [2.75, 3.05) is 40.6 Å². The van der Waals surface area contributed by atoms with E-state index in [0.29, 0.717) is 13.2 Å².